The number of carbonyl (C=O) groups excluding carboxylic acids is 1. The van der Waals surface area contributed by atoms with Crippen LogP contribution in [0, 0.1) is 6.92 Å². The standard InChI is InChI=1S/C21H12BrClN2O3S/c1-10-9-29-21(24-10)25-17(11-2-4-12(22)5-3-11)16-18(26)14-8-13(23)6-7-15(14)28-19(16)20(25)27/h2-9,17H,1H3/t17-/m1/s1. The first-order chi connectivity index (χ1) is 13.9. The first-order valence-electron chi connectivity index (χ1n) is 8.71. The van der Waals surface area contributed by atoms with Crippen LogP contribution >= 0.6 is 38.9 Å². The van der Waals surface area contributed by atoms with Gasteiger partial charge in [0.25, 0.3) is 5.91 Å². The first-order valence-corrected chi connectivity index (χ1v) is 10.8. The zero-order chi connectivity index (χ0) is 20.3. The van der Waals surface area contributed by atoms with Gasteiger partial charge in [0.15, 0.2) is 10.6 Å². The van der Waals surface area contributed by atoms with Gasteiger partial charge in [-0.25, -0.2) is 4.98 Å². The van der Waals surface area contributed by atoms with Gasteiger partial charge in [0.05, 0.1) is 22.7 Å². The fraction of sp³-hybridized carbons (Fsp3) is 0.0952. The minimum absolute atomic E-state index is 0.0468. The SMILES string of the molecule is Cc1csc(N2C(=O)c3oc4ccc(Cl)cc4c(=O)c3[C@H]2c2ccc(Br)cc2)n1. The number of hydrogen-bond acceptors (Lipinski definition) is 5. The molecule has 1 aliphatic heterocycles. The molecule has 29 heavy (non-hydrogen) atoms. The highest BCUT2D eigenvalue weighted by Crippen LogP contribution is 2.42. The van der Waals surface area contributed by atoms with Gasteiger partial charge in [0.2, 0.25) is 5.76 Å². The Bertz CT molecular complexity index is 1350. The van der Waals surface area contributed by atoms with E-state index < -0.39 is 6.04 Å². The number of anilines is 1. The largest absolute Gasteiger partial charge is 0.450 e. The Hall–Kier alpha value is -2.48. The molecule has 0 spiro atoms. The maximum Gasteiger partial charge on any atom is 0.297 e. The lowest BCUT2D eigenvalue weighted by Gasteiger charge is -2.22. The average molecular weight is 488 g/mol. The highest BCUT2D eigenvalue weighted by molar-refractivity contribution is 9.10. The van der Waals surface area contributed by atoms with Crippen molar-refractivity contribution in [3.63, 3.8) is 0 Å². The third kappa shape index (κ3) is 2.92. The van der Waals surface area contributed by atoms with Gasteiger partial charge in [-0.2, -0.15) is 0 Å². The Balaban J connectivity index is 1.83. The number of aryl methyl sites for hydroxylation is 1. The van der Waals surface area contributed by atoms with Gasteiger partial charge in [-0.05, 0) is 42.8 Å². The second kappa shape index (κ2) is 6.79. The van der Waals surface area contributed by atoms with Crippen LogP contribution < -0.4 is 10.3 Å². The van der Waals surface area contributed by atoms with Crippen molar-refractivity contribution in [1.29, 1.82) is 0 Å². The van der Waals surface area contributed by atoms with Gasteiger partial charge in [0.1, 0.15) is 5.58 Å². The second-order valence-electron chi connectivity index (χ2n) is 6.72. The van der Waals surface area contributed by atoms with E-state index in [0.29, 0.717) is 26.7 Å². The molecule has 0 radical (unpaired) electrons. The number of thiazole rings is 1. The van der Waals surface area contributed by atoms with E-state index in [0.717, 1.165) is 15.7 Å². The Morgan fingerprint density at radius 1 is 1.17 bits per heavy atom. The van der Waals surface area contributed by atoms with Crippen LogP contribution in [0.4, 0.5) is 5.13 Å². The second-order valence-corrected chi connectivity index (χ2v) is 8.90. The summed E-state index contributed by atoms with van der Waals surface area (Å²) in [5, 5.41) is 3.17. The summed E-state index contributed by atoms with van der Waals surface area (Å²) in [6.45, 7) is 1.86. The van der Waals surface area contributed by atoms with E-state index in [1.54, 1.807) is 18.2 Å². The Morgan fingerprint density at radius 3 is 2.62 bits per heavy atom. The molecule has 0 bridgehead atoms. The third-order valence-electron chi connectivity index (χ3n) is 4.83. The summed E-state index contributed by atoms with van der Waals surface area (Å²) in [4.78, 5) is 32.8. The lowest BCUT2D eigenvalue weighted by Crippen LogP contribution is -2.29. The highest BCUT2D eigenvalue weighted by atomic mass is 79.9. The smallest absolute Gasteiger partial charge is 0.297 e. The summed E-state index contributed by atoms with van der Waals surface area (Å²) in [7, 11) is 0. The van der Waals surface area contributed by atoms with Crippen molar-refractivity contribution < 1.29 is 9.21 Å². The molecule has 0 aliphatic carbocycles. The topological polar surface area (TPSA) is 63.4 Å². The third-order valence-corrected chi connectivity index (χ3v) is 6.55. The summed E-state index contributed by atoms with van der Waals surface area (Å²) in [6.07, 6.45) is 0. The van der Waals surface area contributed by atoms with E-state index >= 15 is 0 Å². The van der Waals surface area contributed by atoms with Crippen LogP contribution in [-0.4, -0.2) is 10.9 Å². The van der Waals surface area contributed by atoms with E-state index in [9.17, 15) is 9.59 Å². The predicted molar refractivity (Wildman–Crippen MR) is 117 cm³/mol. The van der Waals surface area contributed by atoms with E-state index in [4.69, 9.17) is 16.0 Å². The van der Waals surface area contributed by atoms with Crippen molar-refractivity contribution in [2.45, 2.75) is 13.0 Å². The van der Waals surface area contributed by atoms with Gasteiger partial charge in [0, 0.05) is 14.9 Å². The number of hydrogen-bond donors (Lipinski definition) is 0. The minimum atomic E-state index is -0.629. The number of aromatic nitrogens is 1. The van der Waals surface area contributed by atoms with Gasteiger partial charge in [-0.3, -0.25) is 14.5 Å². The van der Waals surface area contributed by atoms with Crippen LogP contribution in [0.1, 0.15) is 33.4 Å². The molecular formula is C21H12BrClN2O3S. The number of halogens is 2. The fourth-order valence-electron chi connectivity index (χ4n) is 3.56. The Morgan fingerprint density at radius 2 is 1.93 bits per heavy atom. The molecule has 1 amide bonds. The van der Waals surface area contributed by atoms with Crippen LogP contribution in [0.5, 0.6) is 0 Å². The van der Waals surface area contributed by atoms with Crippen LogP contribution in [-0.2, 0) is 0 Å². The van der Waals surface area contributed by atoms with Crippen LogP contribution in [0.25, 0.3) is 11.0 Å². The molecule has 2 aromatic heterocycles. The Kier molecular flexibility index (Phi) is 4.34. The van der Waals surface area contributed by atoms with E-state index in [1.807, 2.05) is 36.6 Å². The quantitative estimate of drug-likeness (QED) is 0.362. The molecular weight excluding hydrogens is 476 g/mol. The maximum atomic E-state index is 13.4. The summed E-state index contributed by atoms with van der Waals surface area (Å²) in [6, 6.07) is 11.7. The molecule has 0 N–H and O–H groups in total. The molecule has 0 fully saturated rings. The predicted octanol–water partition coefficient (Wildman–Crippen LogP) is 5.72. The van der Waals surface area contributed by atoms with Crippen molar-refractivity contribution in [2.75, 3.05) is 4.90 Å². The monoisotopic (exact) mass is 486 g/mol. The van der Waals surface area contributed by atoms with Crippen molar-refractivity contribution in [1.82, 2.24) is 4.98 Å². The van der Waals surface area contributed by atoms with Crippen LogP contribution in [0.2, 0.25) is 5.02 Å². The number of carbonyl (C=O) groups is 1. The molecule has 5 nitrogen and oxygen atoms in total. The molecule has 2 aromatic carbocycles. The summed E-state index contributed by atoms with van der Waals surface area (Å²) >= 11 is 10.9. The van der Waals surface area contributed by atoms with E-state index in [-0.39, 0.29) is 17.1 Å². The number of benzene rings is 2. The van der Waals surface area contributed by atoms with Gasteiger partial charge in [-0.15, -0.1) is 11.3 Å². The first kappa shape index (κ1) is 18.5. The molecule has 1 aliphatic rings. The normalized spacial score (nSPS) is 15.9. The molecule has 0 saturated carbocycles. The number of fused-ring (bicyclic) bond motifs is 2. The maximum absolute atomic E-state index is 13.4. The molecule has 0 saturated heterocycles. The summed E-state index contributed by atoms with van der Waals surface area (Å²) in [5.41, 5.74) is 1.97. The zero-order valence-electron chi connectivity index (χ0n) is 15.0. The highest BCUT2D eigenvalue weighted by Gasteiger charge is 2.44. The molecule has 0 unspecified atom stereocenters. The molecule has 4 aromatic rings. The average Bonchev–Trinajstić information content (AvgIpc) is 3.25. The van der Waals surface area contributed by atoms with Crippen molar-refractivity contribution in [2.24, 2.45) is 0 Å². The van der Waals surface area contributed by atoms with Gasteiger partial charge >= 0.3 is 0 Å². The summed E-state index contributed by atoms with van der Waals surface area (Å²) < 4.78 is 6.81. The van der Waals surface area contributed by atoms with Crippen molar-refractivity contribution >= 4 is 60.9 Å². The van der Waals surface area contributed by atoms with Crippen molar-refractivity contribution in [3.05, 3.63) is 90.1 Å². The van der Waals surface area contributed by atoms with E-state index in [1.165, 1.54) is 16.2 Å². The summed E-state index contributed by atoms with van der Waals surface area (Å²) in [5.74, 6) is -0.332. The van der Waals surface area contributed by atoms with Gasteiger partial charge < -0.3 is 4.42 Å². The van der Waals surface area contributed by atoms with Crippen LogP contribution in [0.15, 0.2) is 61.5 Å². The lowest BCUT2D eigenvalue weighted by atomic mass is 9.99. The molecule has 8 heteroatoms. The molecule has 1 atom stereocenters. The fourth-order valence-corrected chi connectivity index (χ4v) is 4.82. The van der Waals surface area contributed by atoms with Crippen molar-refractivity contribution in [3.8, 4) is 0 Å². The minimum Gasteiger partial charge on any atom is -0.450 e. The number of rotatable bonds is 2. The molecule has 5 rings (SSSR count). The molecule has 144 valence electrons. The Labute approximate surface area is 182 Å². The van der Waals surface area contributed by atoms with Gasteiger partial charge in [-0.1, -0.05) is 39.7 Å². The van der Waals surface area contributed by atoms with E-state index in [2.05, 4.69) is 20.9 Å². The van der Waals surface area contributed by atoms with Crippen LogP contribution in [0.3, 0.4) is 0 Å². The zero-order valence-corrected chi connectivity index (χ0v) is 18.1. The molecule has 3 heterocycles. The number of amides is 1. The number of nitrogens with zero attached hydrogens (tertiary/aromatic N) is 2. The lowest BCUT2D eigenvalue weighted by molar-refractivity contribution is 0.0971.